The summed E-state index contributed by atoms with van der Waals surface area (Å²) in [5.41, 5.74) is 20.6. The van der Waals surface area contributed by atoms with Gasteiger partial charge in [-0.15, -0.1) is 0 Å². The number of hydrogen-bond donors (Lipinski definition) is 3. The molecule has 6 aromatic carbocycles. The van der Waals surface area contributed by atoms with Crippen LogP contribution in [0.3, 0.4) is 0 Å². The van der Waals surface area contributed by atoms with Gasteiger partial charge in [-0.05, 0) is 197 Å². The van der Waals surface area contributed by atoms with Crippen LogP contribution < -0.4 is 30.2 Å². The topological polar surface area (TPSA) is 368 Å². The maximum atomic E-state index is 12.6. The molecule has 10 aliphatic heterocycles. The summed E-state index contributed by atoms with van der Waals surface area (Å²) in [5, 5.41) is 62.9. The number of nitriles is 6. The lowest BCUT2D eigenvalue weighted by Crippen LogP contribution is -2.42. The first-order valence-electron chi connectivity index (χ1n) is 41.0. The van der Waals surface area contributed by atoms with Gasteiger partial charge in [-0.2, -0.15) is 31.6 Å². The highest BCUT2D eigenvalue weighted by molar-refractivity contribution is 6.09. The van der Waals surface area contributed by atoms with Crippen molar-refractivity contribution in [1.82, 2.24) is 53.2 Å². The Morgan fingerprint density at radius 3 is 1.36 bits per heavy atom. The molecule has 2 aliphatic carbocycles. The molecule has 121 heavy (non-hydrogen) atoms. The predicted molar refractivity (Wildman–Crippen MR) is 441 cm³/mol. The van der Waals surface area contributed by atoms with E-state index in [4.69, 9.17) is 45.8 Å². The lowest BCUT2D eigenvalue weighted by atomic mass is 9.67. The number of pyridine rings is 1. The summed E-state index contributed by atoms with van der Waals surface area (Å²) in [4.78, 5) is 67.0. The Kier molecular flexibility index (Phi) is 19.2. The van der Waals surface area contributed by atoms with E-state index in [9.17, 15) is 14.4 Å². The highest BCUT2D eigenvalue weighted by Crippen LogP contribution is 2.56. The minimum atomic E-state index is -0.641. The van der Waals surface area contributed by atoms with Gasteiger partial charge in [-0.1, -0.05) is 36.4 Å². The van der Waals surface area contributed by atoms with Crippen LogP contribution in [0.2, 0.25) is 0 Å². The lowest BCUT2D eigenvalue weighted by Gasteiger charge is -2.42. The fraction of sp³-hybridized carbons (Fsp3) is 0.305. The number of carbonyl (C=O) groups is 3. The standard InChI is InChI=1S/C17H13N3O.C16H14N4O.C16H15N3O.C16H13N3O.C15H12N4O.C15H13N3O/c18-9-11-1-2-13-15(7-11)20-16(21)8-17(13)5-3-12-4-6-19-10-14(12)17;17-8-11-2-3-12-13(6-11)19-15(21)7-16(12)4-1-5-20-10-18-9-14(16)20;17-9-12-2-3-13-14(8-12)20-7-5-16(13)4-1-6-19-11-18-10-15(16)19;17-7-11-3-4-12-15(6-11)20-9-16(12)5-1-2-14-13(16)8-18-10-19-14;16-7-10-2-3-11-12(6-10)18-14(20)15(11)4-1-5-19-9-17-8-13(15)19;16-7-11-2-3-12-13(6-11)19-9-15(12)4-1-5-18-10-17-8-14(15)18/h1-2,4,6-7,10H,3,5,8H2,(H,20,21);2-3,6,9-10H,1,4-5,7H2,(H,19,21);2-3,8,10-11H,1,4-7H2;3-4,6,8,10H,1-2,5,9H2;2-3,6,8-9H,1,4-5H2,(H,18,20);2-3,6,8,10H,1,4-5,9H2. The quantitative estimate of drug-likeness (QED) is 0.127. The minimum absolute atomic E-state index is 0.00670. The fourth-order valence-corrected chi connectivity index (χ4v) is 21.4. The number of aromatic nitrogens is 11. The highest BCUT2D eigenvalue weighted by Gasteiger charge is 2.53. The Balaban J connectivity index is 0.0000000958. The van der Waals surface area contributed by atoms with Gasteiger partial charge in [0.2, 0.25) is 17.7 Å². The molecule has 24 rings (SSSR count). The predicted octanol–water partition coefficient (Wildman–Crippen LogP) is 13.7. The van der Waals surface area contributed by atoms with Crippen LogP contribution in [0.5, 0.6) is 17.2 Å². The monoisotopic (exact) mass is 1600 g/mol. The van der Waals surface area contributed by atoms with E-state index in [1.54, 1.807) is 49.3 Å². The van der Waals surface area contributed by atoms with Crippen molar-refractivity contribution in [3.63, 3.8) is 0 Å². The number of rotatable bonds is 0. The Morgan fingerprint density at radius 1 is 0.355 bits per heavy atom. The van der Waals surface area contributed by atoms with Gasteiger partial charge < -0.3 is 48.4 Å². The Labute approximate surface area is 697 Å². The molecule has 16 heterocycles. The molecule has 3 N–H and O–H groups in total. The molecule has 26 nitrogen and oxygen atoms in total. The number of ether oxygens (including phenoxy) is 3. The van der Waals surface area contributed by atoms with Crippen molar-refractivity contribution in [2.24, 2.45) is 0 Å². The van der Waals surface area contributed by atoms with Gasteiger partial charge >= 0.3 is 0 Å². The van der Waals surface area contributed by atoms with Gasteiger partial charge in [0.1, 0.15) is 42.2 Å². The Hall–Kier alpha value is -14.9. The van der Waals surface area contributed by atoms with Crippen LogP contribution in [-0.2, 0) is 85.9 Å². The van der Waals surface area contributed by atoms with Crippen molar-refractivity contribution < 1.29 is 28.6 Å². The molecule has 0 saturated heterocycles. The molecule has 12 aliphatic rings. The van der Waals surface area contributed by atoms with E-state index in [-0.39, 0.29) is 44.8 Å². The number of fused-ring (bicyclic) bond motifs is 24. The van der Waals surface area contributed by atoms with E-state index in [2.05, 4.69) is 112 Å². The number of anilines is 3. The number of imidazole rings is 4. The van der Waals surface area contributed by atoms with Crippen LogP contribution in [0.1, 0.15) is 202 Å². The van der Waals surface area contributed by atoms with Crippen LogP contribution in [0, 0.1) is 68.0 Å². The first-order chi connectivity index (χ1) is 59.2. The summed E-state index contributed by atoms with van der Waals surface area (Å²) in [7, 11) is 0. The second kappa shape index (κ2) is 30.6. The van der Waals surface area contributed by atoms with Crippen molar-refractivity contribution in [2.45, 2.75) is 161 Å². The minimum Gasteiger partial charge on any atom is -0.493 e. The van der Waals surface area contributed by atoms with E-state index < -0.39 is 5.41 Å². The summed E-state index contributed by atoms with van der Waals surface area (Å²) in [6.07, 6.45) is 37.4. The SMILES string of the molecule is N#Cc1ccc2c(c1)NC(=O)C21CCCn2cncc21.N#Cc1ccc2c(c1)NC(=O)CC21CCCn2cncc21.N#Cc1ccc2c(c1)NC(=O)CC21CCc2ccncc21.N#Cc1ccc2c(c1)OCC21CCCc2ncncc21.N#Cc1ccc2c(c1)OCC21CCCn2cncc21.N#Cc1ccc2c(c1)OCCC21CCCn2cncc21. The van der Waals surface area contributed by atoms with Gasteiger partial charge in [0.15, 0.2) is 0 Å². The number of nitrogens with zero attached hydrogens (tertiary/aromatic N) is 17. The van der Waals surface area contributed by atoms with Gasteiger partial charge in [-0.25, -0.2) is 29.9 Å². The second-order valence-electron chi connectivity index (χ2n) is 33.1. The maximum Gasteiger partial charge on any atom is 0.241 e. The van der Waals surface area contributed by atoms with Crippen LogP contribution in [0.15, 0.2) is 190 Å². The average Bonchev–Trinajstić information content (AvgIpc) is 1.58. The summed E-state index contributed by atoms with van der Waals surface area (Å²) >= 11 is 0. The smallest absolute Gasteiger partial charge is 0.241 e. The van der Waals surface area contributed by atoms with Crippen molar-refractivity contribution in [3.8, 4) is 53.7 Å². The number of amides is 3. The molecular weight excluding hydrogens is 1520 g/mol. The highest BCUT2D eigenvalue weighted by atomic mass is 16.5. The largest absolute Gasteiger partial charge is 0.493 e. The number of carbonyl (C=O) groups excluding carboxylic acids is 3. The zero-order valence-electron chi connectivity index (χ0n) is 66.2. The zero-order chi connectivity index (χ0) is 82.7. The summed E-state index contributed by atoms with van der Waals surface area (Å²) in [6, 6.07) is 48.8. The van der Waals surface area contributed by atoms with Crippen LogP contribution in [-0.4, -0.2) is 90.7 Å². The number of aryl methyl sites for hydroxylation is 6. The van der Waals surface area contributed by atoms with E-state index in [1.165, 1.54) is 39.2 Å². The van der Waals surface area contributed by atoms with Crippen LogP contribution in [0.25, 0.3) is 0 Å². The molecule has 0 bridgehead atoms. The molecule has 0 saturated carbocycles. The van der Waals surface area contributed by atoms with Gasteiger partial charge in [0.05, 0.1) is 124 Å². The summed E-state index contributed by atoms with van der Waals surface area (Å²) in [5.74, 6) is 2.56. The van der Waals surface area contributed by atoms with Gasteiger partial charge in [-0.3, -0.25) is 19.4 Å². The first kappa shape index (κ1) is 76.1. The zero-order valence-corrected chi connectivity index (χ0v) is 66.2. The molecule has 26 heteroatoms. The molecule has 6 unspecified atom stereocenters. The molecule has 3 amide bonds. The third-order valence-electron chi connectivity index (χ3n) is 27.0. The number of nitrogens with one attached hydrogen (secondary N) is 3. The maximum absolute atomic E-state index is 12.6. The van der Waals surface area contributed by atoms with Crippen molar-refractivity contribution in [2.75, 3.05) is 35.8 Å². The van der Waals surface area contributed by atoms with E-state index in [0.717, 1.165) is 190 Å². The third-order valence-corrected chi connectivity index (χ3v) is 27.0. The van der Waals surface area contributed by atoms with Crippen molar-refractivity contribution >= 4 is 34.8 Å². The van der Waals surface area contributed by atoms with E-state index in [1.807, 2.05) is 135 Å². The Morgan fingerprint density at radius 2 is 0.785 bits per heavy atom. The fourth-order valence-electron chi connectivity index (χ4n) is 21.4. The molecule has 6 atom stereocenters. The van der Waals surface area contributed by atoms with Gasteiger partial charge in [0, 0.05) is 155 Å². The average molecular weight is 1600 g/mol. The van der Waals surface area contributed by atoms with E-state index >= 15 is 0 Å². The molecule has 6 aromatic heterocycles. The summed E-state index contributed by atoms with van der Waals surface area (Å²) in [6.45, 7) is 5.90. The summed E-state index contributed by atoms with van der Waals surface area (Å²) < 4.78 is 26.2. The second-order valence-corrected chi connectivity index (χ2v) is 33.1. The number of benzene rings is 6. The molecule has 6 spiro atoms. The lowest BCUT2D eigenvalue weighted by molar-refractivity contribution is -0.120. The molecule has 0 fully saturated rings. The normalized spacial score (nSPS) is 23.0. The molecule has 12 aromatic rings. The Bertz CT molecular complexity index is 6510. The van der Waals surface area contributed by atoms with Gasteiger partial charge in [0.25, 0.3) is 0 Å². The van der Waals surface area contributed by atoms with Crippen LogP contribution >= 0.6 is 0 Å². The first-order valence-corrected chi connectivity index (χ1v) is 41.0. The third kappa shape index (κ3) is 12.7. The van der Waals surface area contributed by atoms with E-state index in [0.29, 0.717) is 66.0 Å². The van der Waals surface area contributed by atoms with Crippen molar-refractivity contribution in [1.29, 1.82) is 31.6 Å². The van der Waals surface area contributed by atoms with Crippen LogP contribution in [0.4, 0.5) is 17.1 Å². The molecule has 596 valence electrons. The molecule has 0 radical (unpaired) electrons. The number of hydrogen-bond acceptors (Lipinski definition) is 19. The molecular formula is C95H80N20O6. The van der Waals surface area contributed by atoms with Crippen molar-refractivity contribution in [3.05, 3.63) is 302 Å².